The molecule has 0 radical (unpaired) electrons. The Morgan fingerprint density at radius 2 is 1.81 bits per heavy atom. The SMILES string of the molecule is FC(F)(F)Oc1ccccc1-c1ncccc1CNc1nnnn1-c1cccc(Cl)c1Cl. The van der Waals surface area contributed by atoms with Crippen LogP contribution in [0.3, 0.4) is 0 Å². The summed E-state index contributed by atoms with van der Waals surface area (Å²) < 4.78 is 44.1. The number of para-hydroxylation sites is 1. The second kappa shape index (κ2) is 9.01. The van der Waals surface area contributed by atoms with Crippen LogP contribution in [-0.2, 0) is 6.54 Å². The van der Waals surface area contributed by atoms with Crippen LogP contribution < -0.4 is 10.1 Å². The molecule has 0 spiro atoms. The van der Waals surface area contributed by atoms with Crippen LogP contribution in [0.4, 0.5) is 19.1 Å². The number of benzene rings is 2. The van der Waals surface area contributed by atoms with E-state index in [2.05, 4.69) is 30.6 Å². The fraction of sp³-hybridized carbons (Fsp3) is 0.100. The number of hydrogen-bond acceptors (Lipinski definition) is 6. The molecule has 2 aromatic heterocycles. The first kappa shape index (κ1) is 21.8. The van der Waals surface area contributed by atoms with Gasteiger partial charge in [0.05, 0.1) is 21.4 Å². The minimum absolute atomic E-state index is 0.155. The normalized spacial score (nSPS) is 11.4. The van der Waals surface area contributed by atoms with Gasteiger partial charge in [-0.1, -0.05) is 52.6 Å². The van der Waals surface area contributed by atoms with Crippen LogP contribution >= 0.6 is 23.2 Å². The van der Waals surface area contributed by atoms with Crippen LogP contribution in [-0.4, -0.2) is 31.6 Å². The van der Waals surface area contributed by atoms with E-state index in [1.54, 1.807) is 36.4 Å². The van der Waals surface area contributed by atoms with Crippen LogP contribution in [0.5, 0.6) is 5.75 Å². The van der Waals surface area contributed by atoms with Crippen molar-refractivity contribution in [3.8, 4) is 22.7 Å². The highest BCUT2D eigenvalue weighted by atomic mass is 35.5. The molecule has 2 heterocycles. The zero-order chi connectivity index (χ0) is 22.7. The molecule has 0 unspecified atom stereocenters. The van der Waals surface area contributed by atoms with Crippen molar-refractivity contribution < 1.29 is 17.9 Å². The molecule has 0 bridgehead atoms. The molecule has 164 valence electrons. The number of hydrogen-bond donors (Lipinski definition) is 1. The molecule has 0 aliphatic carbocycles. The number of aromatic nitrogens is 5. The number of tetrazole rings is 1. The standard InChI is InChI=1S/C20H13Cl2F3N6O/c21-14-7-3-8-15(17(14)22)31-19(28-29-30-31)27-11-12-5-4-10-26-18(12)13-6-1-2-9-16(13)32-20(23,24)25/h1-10H,11H2,(H,27,28,30). The number of halogens is 5. The predicted octanol–water partition coefficient (Wildman–Crippen LogP) is 5.54. The summed E-state index contributed by atoms with van der Waals surface area (Å²) in [7, 11) is 0. The molecule has 2 aromatic carbocycles. The summed E-state index contributed by atoms with van der Waals surface area (Å²) in [6, 6.07) is 14.2. The molecule has 0 aliphatic rings. The number of pyridine rings is 1. The molecule has 0 aliphatic heterocycles. The van der Waals surface area contributed by atoms with Gasteiger partial charge in [0.1, 0.15) is 5.75 Å². The van der Waals surface area contributed by atoms with Crippen molar-refractivity contribution in [2.24, 2.45) is 0 Å². The molecular formula is C20H13Cl2F3N6O. The fourth-order valence-corrected chi connectivity index (χ4v) is 3.37. The van der Waals surface area contributed by atoms with Gasteiger partial charge >= 0.3 is 6.36 Å². The molecular weight excluding hydrogens is 468 g/mol. The maximum atomic E-state index is 12.8. The number of nitrogens with one attached hydrogen (secondary N) is 1. The maximum Gasteiger partial charge on any atom is 0.573 e. The summed E-state index contributed by atoms with van der Waals surface area (Å²) in [5, 5.41) is 15.2. The summed E-state index contributed by atoms with van der Waals surface area (Å²) in [5.74, 6) is -0.0979. The van der Waals surface area contributed by atoms with Crippen molar-refractivity contribution in [1.29, 1.82) is 0 Å². The lowest BCUT2D eigenvalue weighted by Gasteiger charge is -2.15. The van der Waals surface area contributed by atoms with Crippen LogP contribution in [0.15, 0.2) is 60.8 Å². The van der Waals surface area contributed by atoms with Crippen LogP contribution in [0, 0.1) is 0 Å². The van der Waals surface area contributed by atoms with E-state index < -0.39 is 6.36 Å². The summed E-state index contributed by atoms with van der Waals surface area (Å²) in [4.78, 5) is 4.26. The number of anilines is 1. The Balaban J connectivity index is 1.64. The zero-order valence-corrected chi connectivity index (χ0v) is 17.5. The Morgan fingerprint density at radius 1 is 1.00 bits per heavy atom. The summed E-state index contributed by atoms with van der Waals surface area (Å²) in [5.41, 5.74) is 1.57. The van der Waals surface area contributed by atoms with E-state index in [-0.39, 0.29) is 28.8 Å². The third-order valence-corrected chi connectivity index (χ3v) is 5.13. The summed E-state index contributed by atoms with van der Waals surface area (Å²) >= 11 is 12.3. The zero-order valence-electron chi connectivity index (χ0n) is 16.0. The second-order valence-corrected chi connectivity index (χ2v) is 7.18. The third-order valence-electron chi connectivity index (χ3n) is 4.33. The Hall–Kier alpha value is -3.37. The summed E-state index contributed by atoms with van der Waals surface area (Å²) in [6.07, 6.45) is -3.35. The topological polar surface area (TPSA) is 77.8 Å². The van der Waals surface area contributed by atoms with Crippen molar-refractivity contribution in [2.45, 2.75) is 12.9 Å². The van der Waals surface area contributed by atoms with Gasteiger partial charge < -0.3 is 10.1 Å². The van der Waals surface area contributed by atoms with Crippen molar-refractivity contribution in [3.05, 3.63) is 76.4 Å². The van der Waals surface area contributed by atoms with E-state index in [1.165, 1.54) is 29.1 Å². The average Bonchev–Trinajstić information content (AvgIpc) is 3.22. The monoisotopic (exact) mass is 480 g/mol. The molecule has 7 nitrogen and oxygen atoms in total. The molecule has 0 fully saturated rings. The van der Waals surface area contributed by atoms with E-state index in [0.717, 1.165) is 0 Å². The van der Waals surface area contributed by atoms with Gasteiger partial charge in [-0.3, -0.25) is 4.98 Å². The fourth-order valence-electron chi connectivity index (χ4n) is 2.99. The predicted molar refractivity (Wildman–Crippen MR) is 113 cm³/mol. The largest absolute Gasteiger partial charge is 0.573 e. The van der Waals surface area contributed by atoms with Gasteiger partial charge in [0.25, 0.3) is 0 Å². The van der Waals surface area contributed by atoms with Crippen LogP contribution in [0.25, 0.3) is 16.9 Å². The first-order valence-corrected chi connectivity index (χ1v) is 9.85. The van der Waals surface area contributed by atoms with Crippen LogP contribution in [0.1, 0.15) is 5.56 Å². The smallest absolute Gasteiger partial charge is 0.405 e. The van der Waals surface area contributed by atoms with E-state index in [0.29, 0.717) is 22.0 Å². The lowest BCUT2D eigenvalue weighted by molar-refractivity contribution is -0.274. The van der Waals surface area contributed by atoms with Crippen LogP contribution in [0.2, 0.25) is 10.0 Å². The van der Waals surface area contributed by atoms with Crippen molar-refractivity contribution in [2.75, 3.05) is 5.32 Å². The highest BCUT2D eigenvalue weighted by molar-refractivity contribution is 6.43. The highest BCUT2D eigenvalue weighted by Crippen LogP contribution is 2.34. The molecule has 4 aromatic rings. The van der Waals surface area contributed by atoms with E-state index in [1.807, 2.05) is 0 Å². The second-order valence-electron chi connectivity index (χ2n) is 6.40. The van der Waals surface area contributed by atoms with Gasteiger partial charge in [-0.2, -0.15) is 4.68 Å². The first-order chi connectivity index (χ1) is 15.3. The Bertz CT molecular complexity index is 1250. The molecule has 4 rings (SSSR count). The lowest BCUT2D eigenvalue weighted by Crippen LogP contribution is -2.17. The van der Waals surface area contributed by atoms with Gasteiger partial charge in [0.2, 0.25) is 5.95 Å². The van der Waals surface area contributed by atoms with E-state index in [9.17, 15) is 13.2 Å². The van der Waals surface area contributed by atoms with Gasteiger partial charge in [-0.25, -0.2) is 0 Å². The van der Waals surface area contributed by atoms with Crippen molar-refractivity contribution >= 4 is 29.2 Å². The molecule has 0 amide bonds. The molecule has 0 saturated heterocycles. The van der Waals surface area contributed by atoms with Gasteiger partial charge in [-0.15, -0.1) is 13.2 Å². The molecule has 12 heteroatoms. The average molecular weight is 481 g/mol. The Labute approximate surface area is 189 Å². The Morgan fingerprint density at radius 3 is 2.62 bits per heavy atom. The van der Waals surface area contributed by atoms with Gasteiger partial charge in [-0.05, 0) is 46.3 Å². The summed E-state index contributed by atoms with van der Waals surface area (Å²) in [6.45, 7) is 0.155. The Kier molecular flexibility index (Phi) is 6.15. The molecule has 32 heavy (non-hydrogen) atoms. The van der Waals surface area contributed by atoms with E-state index >= 15 is 0 Å². The number of rotatable bonds is 6. The minimum atomic E-state index is -4.83. The van der Waals surface area contributed by atoms with Gasteiger partial charge in [0, 0.05) is 18.3 Å². The number of nitrogens with zero attached hydrogens (tertiary/aromatic N) is 5. The molecule has 0 saturated carbocycles. The quantitative estimate of drug-likeness (QED) is 0.390. The molecule has 1 N–H and O–H groups in total. The first-order valence-electron chi connectivity index (χ1n) is 9.09. The molecule has 0 atom stereocenters. The maximum absolute atomic E-state index is 12.8. The van der Waals surface area contributed by atoms with Crippen molar-refractivity contribution in [3.63, 3.8) is 0 Å². The lowest BCUT2D eigenvalue weighted by atomic mass is 10.0. The minimum Gasteiger partial charge on any atom is -0.405 e. The van der Waals surface area contributed by atoms with E-state index in [4.69, 9.17) is 23.2 Å². The van der Waals surface area contributed by atoms with Gasteiger partial charge in [0.15, 0.2) is 0 Å². The third kappa shape index (κ3) is 4.76. The number of alkyl halides is 3. The highest BCUT2D eigenvalue weighted by Gasteiger charge is 2.32. The number of ether oxygens (including phenoxy) is 1. The van der Waals surface area contributed by atoms with Crippen molar-refractivity contribution in [1.82, 2.24) is 25.2 Å².